The molecule has 10 aliphatic rings. The molecule has 8 bridgehead atoms. The second kappa shape index (κ2) is 19.4. The Morgan fingerprint density at radius 1 is 0.653 bits per heavy atom. The Morgan fingerprint density at radius 2 is 1.15 bits per heavy atom. The number of carboxylic acid groups (broad SMARTS) is 1. The predicted molar refractivity (Wildman–Crippen MR) is 284 cm³/mol. The number of nitrogens with zero attached hydrogens (tertiary/aromatic N) is 2. The molecule has 72 heavy (non-hydrogen) atoms. The van der Waals surface area contributed by atoms with Gasteiger partial charge in [-0.15, -0.1) is 0 Å². The van der Waals surface area contributed by atoms with E-state index >= 15 is 0 Å². The summed E-state index contributed by atoms with van der Waals surface area (Å²) in [5.41, 5.74) is 8.56. The van der Waals surface area contributed by atoms with Gasteiger partial charge in [0.1, 0.15) is 0 Å². The number of nitrogens with two attached hydrogens (primary N) is 1. The third-order valence-corrected chi connectivity index (χ3v) is 19.0. The Morgan fingerprint density at radius 3 is 1.64 bits per heavy atom. The number of likely N-dealkylation sites (tertiary alicyclic amines) is 1. The number of aromatic nitrogens is 1. The molecule has 6 N–H and O–H groups in total. The molecule has 2 saturated heterocycles. The summed E-state index contributed by atoms with van der Waals surface area (Å²) < 4.78 is 6.81. The quantitative estimate of drug-likeness (QED) is 0.109. The van der Waals surface area contributed by atoms with E-state index in [4.69, 9.17) is 15.3 Å². The zero-order valence-electron chi connectivity index (χ0n) is 43.4. The molecule has 2 aliphatic heterocycles. The van der Waals surface area contributed by atoms with Gasteiger partial charge in [-0.2, -0.15) is 0 Å². The smallest absolute Gasteiger partial charge is 0.407 e. The van der Waals surface area contributed by atoms with Crippen molar-refractivity contribution in [1.82, 2.24) is 14.8 Å². The molecule has 388 valence electrons. The van der Waals surface area contributed by atoms with Crippen LogP contribution in [0.3, 0.4) is 0 Å². The van der Waals surface area contributed by atoms with Crippen molar-refractivity contribution in [2.45, 2.75) is 150 Å². The van der Waals surface area contributed by atoms with Crippen LogP contribution in [0.15, 0.2) is 75.0 Å². The van der Waals surface area contributed by atoms with E-state index in [1.54, 1.807) is 18.2 Å². The third-order valence-electron chi connectivity index (χ3n) is 19.0. The molecule has 2 aromatic heterocycles. The number of pyridine rings is 1. The summed E-state index contributed by atoms with van der Waals surface area (Å²) in [5, 5.41) is 21.1. The Bertz CT molecular complexity index is 2790. The topological polar surface area (TPSA) is 189 Å². The first-order valence-corrected chi connectivity index (χ1v) is 27.4. The molecule has 4 aromatic rings. The van der Waals surface area contributed by atoms with E-state index in [1.165, 1.54) is 88.2 Å². The number of piperidine rings is 2. The lowest BCUT2D eigenvalue weighted by molar-refractivity contribution is -0.154. The van der Waals surface area contributed by atoms with Crippen molar-refractivity contribution in [2.75, 3.05) is 43.4 Å². The number of benzene rings is 2. The van der Waals surface area contributed by atoms with E-state index in [0.717, 1.165) is 73.6 Å². The minimum absolute atomic E-state index is 0.0501. The first-order chi connectivity index (χ1) is 34.2. The molecule has 3 amide bonds. The average molecular weight is 985 g/mol. The second-order valence-electron chi connectivity index (χ2n) is 26.4. The molecule has 8 saturated carbocycles. The molecule has 14 rings (SSSR count). The first-order valence-electron chi connectivity index (χ1n) is 27.4. The lowest BCUT2D eigenvalue weighted by Crippen LogP contribution is -2.55. The molecular weight excluding hydrogens is 905 g/mol. The van der Waals surface area contributed by atoms with Gasteiger partial charge in [0.15, 0.2) is 0 Å². The highest BCUT2D eigenvalue weighted by molar-refractivity contribution is 6.03. The van der Waals surface area contributed by atoms with Gasteiger partial charge >= 0.3 is 11.7 Å². The Kier molecular flexibility index (Phi) is 13.6. The fourth-order valence-electron chi connectivity index (χ4n) is 18.4. The maximum atomic E-state index is 13.4. The Hall–Kier alpha value is -5.01. The van der Waals surface area contributed by atoms with E-state index in [0.29, 0.717) is 82.4 Å². The number of anilines is 2. The molecule has 0 spiro atoms. The van der Waals surface area contributed by atoms with Crippen molar-refractivity contribution in [1.29, 1.82) is 0 Å². The molecule has 13 heteroatoms. The number of rotatable bonds is 9. The number of nitrogens with one attached hydrogen (secondary N) is 3. The maximum Gasteiger partial charge on any atom is 0.407 e. The number of carbonyl (C=O) groups is 3. The molecule has 2 aromatic carbocycles. The highest BCUT2D eigenvalue weighted by atomic mass is 16.4. The van der Waals surface area contributed by atoms with Crippen LogP contribution in [0.2, 0.25) is 0 Å². The standard InChI is InChI=1S/C29H39N3O2.C23H27NO3.C7H14N2O2/c1-27-12-21-13-28(2,17-27)19-29(14-21,18-27)15-25(33)31-24-5-3-4-23-22(24)8-11-32(26(23)34)16-20-6-9-30-10-7-20;1-21-8-15-9-22(2,12-21)14-23(10-15,13-21)11-19(25)24-18-5-3-4-17-16(18)6-7-27-20(17)26;8-5-6-1-3-9(4-2-6)7(10)11/h3-5,8,11,20-21,30H,6-7,9-10,12-19H2,1-2H3,(H,31,33);3-7,15H,8-14H2,1-2H3,(H,24,25);6H,1-5,8H2,(H,10,11). The molecule has 0 radical (unpaired) electrons. The lowest BCUT2D eigenvalue weighted by atomic mass is 9.40. The second-order valence-corrected chi connectivity index (χ2v) is 26.4. The van der Waals surface area contributed by atoms with Gasteiger partial charge in [-0.25, -0.2) is 9.59 Å². The van der Waals surface area contributed by atoms with E-state index in [2.05, 4.69) is 43.6 Å². The fraction of sp³-hybridized carbons (Fsp3) is 0.644. The van der Waals surface area contributed by atoms with Gasteiger partial charge in [0.25, 0.3) is 5.56 Å². The minimum Gasteiger partial charge on any atom is -0.465 e. The number of hydrogen-bond acceptors (Lipinski definition) is 8. The monoisotopic (exact) mass is 985 g/mol. The number of amides is 3. The van der Waals surface area contributed by atoms with Crippen molar-refractivity contribution >= 4 is 50.8 Å². The minimum atomic E-state index is -0.805. The SMILES string of the molecule is CC12CC3CC(C)(C1)CC(CC(=O)Nc1cccc4c(=O)n(CC5CCNCC5)ccc14)(C3)C2.CC12CC3CC(C)(C1)CC(CC(=O)Nc1cccc4c(=O)occc14)(C3)C2.NCC1CCN(C(=O)O)CC1. The largest absolute Gasteiger partial charge is 0.465 e. The lowest BCUT2D eigenvalue weighted by Gasteiger charge is -2.65. The Labute approximate surface area is 424 Å². The predicted octanol–water partition coefficient (Wildman–Crippen LogP) is 10.8. The van der Waals surface area contributed by atoms with Crippen LogP contribution >= 0.6 is 0 Å². The van der Waals surface area contributed by atoms with Crippen LogP contribution in [0.1, 0.15) is 143 Å². The van der Waals surface area contributed by atoms with Crippen LogP contribution < -0.4 is 32.9 Å². The van der Waals surface area contributed by atoms with Gasteiger partial charge < -0.3 is 40.7 Å². The van der Waals surface area contributed by atoms with Crippen molar-refractivity contribution in [3.63, 3.8) is 0 Å². The molecular formula is C59H80N6O7. The van der Waals surface area contributed by atoms with Gasteiger partial charge in [-0.3, -0.25) is 14.4 Å². The summed E-state index contributed by atoms with van der Waals surface area (Å²) in [6.07, 6.45) is 22.9. The highest BCUT2D eigenvalue weighted by Gasteiger charge is 2.61. The summed E-state index contributed by atoms with van der Waals surface area (Å²) in [4.78, 5) is 63.4. The Balaban J connectivity index is 0.000000140. The summed E-state index contributed by atoms with van der Waals surface area (Å²) >= 11 is 0. The zero-order valence-corrected chi connectivity index (χ0v) is 43.4. The van der Waals surface area contributed by atoms with E-state index in [-0.39, 0.29) is 33.8 Å². The summed E-state index contributed by atoms with van der Waals surface area (Å²) in [7, 11) is 0. The molecule has 4 atom stereocenters. The molecule has 4 unspecified atom stereocenters. The third kappa shape index (κ3) is 10.7. The summed E-state index contributed by atoms with van der Waals surface area (Å²) in [6.45, 7) is 14.6. The fourth-order valence-corrected chi connectivity index (χ4v) is 18.4. The molecule has 10 fully saturated rings. The van der Waals surface area contributed by atoms with Crippen LogP contribution in [0.25, 0.3) is 21.5 Å². The van der Waals surface area contributed by atoms with Crippen molar-refractivity contribution < 1.29 is 23.9 Å². The van der Waals surface area contributed by atoms with Gasteiger partial charge in [0.05, 0.1) is 11.6 Å². The van der Waals surface area contributed by atoms with Crippen LogP contribution in [0.4, 0.5) is 16.2 Å². The van der Waals surface area contributed by atoms with Crippen LogP contribution in [0.5, 0.6) is 0 Å². The molecule has 8 aliphatic carbocycles. The van der Waals surface area contributed by atoms with Crippen molar-refractivity contribution in [3.05, 3.63) is 81.8 Å². The van der Waals surface area contributed by atoms with E-state index in [1.807, 2.05) is 41.1 Å². The highest BCUT2D eigenvalue weighted by Crippen LogP contribution is 2.71. The number of carbonyl (C=O) groups excluding carboxylic acids is 2. The first kappa shape index (κ1) is 50.5. The van der Waals surface area contributed by atoms with Crippen molar-refractivity contribution in [3.8, 4) is 0 Å². The average Bonchev–Trinajstić information content (AvgIpc) is 3.28. The van der Waals surface area contributed by atoms with Gasteiger partial charge in [-0.05, 0) is 215 Å². The van der Waals surface area contributed by atoms with Gasteiger partial charge in [0, 0.05) is 66.2 Å². The van der Waals surface area contributed by atoms with E-state index in [9.17, 15) is 24.0 Å². The number of fused-ring (bicyclic) bond motifs is 2. The normalized spacial score (nSPS) is 33.5. The van der Waals surface area contributed by atoms with Crippen LogP contribution in [-0.4, -0.2) is 65.2 Å². The van der Waals surface area contributed by atoms with Crippen LogP contribution in [-0.2, 0) is 16.1 Å². The number of hydrogen-bond donors (Lipinski definition) is 5. The summed E-state index contributed by atoms with van der Waals surface area (Å²) in [6, 6.07) is 14.9. The molecule has 4 heterocycles. The van der Waals surface area contributed by atoms with Crippen molar-refractivity contribution in [2.24, 2.45) is 61.9 Å². The summed E-state index contributed by atoms with van der Waals surface area (Å²) in [5.74, 6) is 2.83. The van der Waals surface area contributed by atoms with Gasteiger partial charge in [-0.1, -0.05) is 39.8 Å². The maximum absolute atomic E-state index is 13.4. The van der Waals surface area contributed by atoms with Gasteiger partial charge in [0.2, 0.25) is 11.8 Å². The van der Waals surface area contributed by atoms with E-state index < -0.39 is 6.09 Å². The molecule has 13 nitrogen and oxygen atoms in total. The van der Waals surface area contributed by atoms with Crippen LogP contribution in [0, 0.1) is 56.2 Å². The zero-order chi connectivity index (χ0) is 50.7.